The number of carbonyl (C=O) groups is 3. The second-order valence-electron chi connectivity index (χ2n) is 5.71. The van der Waals surface area contributed by atoms with Crippen LogP contribution in [0.2, 0.25) is 0 Å². The van der Waals surface area contributed by atoms with Crippen molar-refractivity contribution in [2.24, 2.45) is 0 Å². The minimum absolute atomic E-state index is 0.239. The summed E-state index contributed by atoms with van der Waals surface area (Å²) in [7, 11) is 4.46. The molecule has 7 heteroatoms. The van der Waals surface area contributed by atoms with Crippen molar-refractivity contribution in [1.29, 1.82) is 0 Å². The van der Waals surface area contributed by atoms with Crippen LogP contribution in [0.4, 0.5) is 0 Å². The maximum absolute atomic E-state index is 12.2. The zero-order chi connectivity index (χ0) is 19.8. The Morgan fingerprint density at radius 3 is 2.07 bits per heavy atom. The lowest BCUT2D eigenvalue weighted by atomic mass is 10.1. The molecule has 0 N–H and O–H groups in total. The fraction of sp³-hybridized carbons (Fsp3) is 0.250. The summed E-state index contributed by atoms with van der Waals surface area (Å²) in [5.41, 5.74) is 1.41. The van der Waals surface area contributed by atoms with E-state index in [1.807, 2.05) is 24.3 Å². The summed E-state index contributed by atoms with van der Waals surface area (Å²) < 4.78 is 14.9. The average Bonchev–Trinajstić information content (AvgIpc) is 2.71. The molecular formula is C20H21NO6. The molecule has 0 unspecified atom stereocenters. The molecule has 7 nitrogen and oxygen atoms in total. The zero-order valence-corrected chi connectivity index (χ0v) is 15.4. The van der Waals surface area contributed by atoms with Crippen LogP contribution in [0.3, 0.4) is 0 Å². The summed E-state index contributed by atoms with van der Waals surface area (Å²) >= 11 is 0. The van der Waals surface area contributed by atoms with E-state index in [0.717, 1.165) is 5.56 Å². The molecule has 2 rings (SSSR count). The number of ether oxygens (including phenoxy) is 3. The maximum Gasteiger partial charge on any atom is 0.338 e. The number of benzene rings is 2. The normalized spacial score (nSPS) is 10.0. The average molecular weight is 371 g/mol. The van der Waals surface area contributed by atoms with E-state index in [2.05, 4.69) is 4.74 Å². The van der Waals surface area contributed by atoms with Gasteiger partial charge in [0.2, 0.25) is 0 Å². The quantitative estimate of drug-likeness (QED) is 0.695. The molecule has 2 aromatic carbocycles. The molecule has 0 fully saturated rings. The molecule has 0 spiro atoms. The minimum Gasteiger partial charge on any atom is -0.496 e. The summed E-state index contributed by atoms with van der Waals surface area (Å²) in [6.07, 6.45) is 0. The van der Waals surface area contributed by atoms with Crippen LogP contribution in [0.1, 0.15) is 26.3 Å². The molecule has 0 radical (unpaired) electrons. The van der Waals surface area contributed by atoms with Crippen molar-refractivity contribution in [1.82, 2.24) is 4.90 Å². The summed E-state index contributed by atoms with van der Waals surface area (Å²) in [5, 5.41) is 0. The monoisotopic (exact) mass is 371 g/mol. The van der Waals surface area contributed by atoms with Gasteiger partial charge in [0.25, 0.3) is 5.91 Å². The van der Waals surface area contributed by atoms with Gasteiger partial charge in [-0.15, -0.1) is 0 Å². The molecule has 142 valence electrons. The number of rotatable bonds is 7. The Morgan fingerprint density at radius 2 is 1.48 bits per heavy atom. The lowest BCUT2D eigenvalue weighted by molar-refractivity contribution is -0.133. The van der Waals surface area contributed by atoms with Crippen molar-refractivity contribution >= 4 is 17.8 Å². The van der Waals surface area contributed by atoms with Gasteiger partial charge in [0.15, 0.2) is 6.61 Å². The molecule has 2 aromatic rings. The van der Waals surface area contributed by atoms with Gasteiger partial charge < -0.3 is 19.1 Å². The summed E-state index contributed by atoms with van der Waals surface area (Å²) in [5.74, 6) is -0.811. The highest BCUT2D eigenvalue weighted by Crippen LogP contribution is 2.18. The number of amides is 1. The van der Waals surface area contributed by atoms with E-state index in [-0.39, 0.29) is 18.1 Å². The molecule has 0 bridgehead atoms. The van der Waals surface area contributed by atoms with Crippen molar-refractivity contribution in [3.8, 4) is 5.75 Å². The number of carbonyl (C=O) groups excluding carboxylic acids is 3. The number of hydrogen-bond acceptors (Lipinski definition) is 6. The van der Waals surface area contributed by atoms with Crippen molar-refractivity contribution < 1.29 is 28.6 Å². The molecule has 0 aliphatic rings. The number of para-hydroxylation sites is 1. The summed E-state index contributed by atoms with van der Waals surface area (Å²) in [4.78, 5) is 37.1. The van der Waals surface area contributed by atoms with Gasteiger partial charge in [-0.25, -0.2) is 9.59 Å². The van der Waals surface area contributed by atoms with Crippen molar-refractivity contribution in [2.75, 3.05) is 27.9 Å². The number of esters is 2. The molecule has 0 aliphatic heterocycles. The SMILES string of the molecule is COC(=O)c1ccc(C(=O)OCC(=O)N(C)Cc2ccccc2OC)cc1. The van der Waals surface area contributed by atoms with E-state index in [4.69, 9.17) is 9.47 Å². The Bertz CT molecular complexity index is 815. The Morgan fingerprint density at radius 1 is 0.889 bits per heavy atom. The van der Waals surface area contributed by atoms with Gasteiger partial charge in [-0.3, -0.25) is 4.79 Å². The Balaban J connectivity index is 1.90. The molecular weight excluding hydrogens is 350 g/mol. The van der Waals surface area contributed by atoms with Gasteiger partial charge in [0.1, 0.15) is 5.75 Å². The van der Waals surface area contributed by atoms with Crippen LogP contribution in [0.25, 0.3) is 0 Å². The van der Waals surface area contributed by atoms with Gasteiger partial charge in [-0.1, -0.05) is 18.2 Å². The molecule has 0 aliphatic carbocycles. The van der Waals surface area contributed by atoms with E-state index in [1.54, 1.807) is 14.2 Å². The Kier molecular flexibility index (Phi) is 6.93. The second-order valence-corrected chi connectivity index (χ2v) is 5.71. The first-order valence-electron chi connectivity index (χ1n) is 8.17. The largest absolute Gasteiger partial charge is 0.496 e. The van der Waals surface area contributed by atoms with Crippen LogP contribution in [0.5, 0.6) is 5.75 Å². The van der Waals surface area contributed by atoms with E-state index in [9.17, 15) is 14.4 Å². The topological polar surface area (TPSA) is 82.1 Å². The summed E-state index contributed by atoms with van der Waals surface area (Å²) in [6, 6.07) is 13.2. The predicted molar refractivity (Wildman–Crippen MR) is 97.5 cm³/mol. The van der Waals surface area contributed by atoms with Crippen LogP contribution in [-0.4, -0.2) is 50.6 Å². The molecule has 27 heavy (non-hydrogen) atoms. The van der Waals surface area contributed by atoms with Crippen molar-refractivity contribution in [3.63, 3.8) is 0 Å². The molecule has 0 atom stereocenters. The van der Waals surface area contributed by atoms with E-state index in [0.29, 0.717) is 17.9 Å². The molecule has 0 aromatic heterocycles. The molecule has 0 saturated heterocycles. The van der Waals surface area contributed by atoms with Crippen LogP contribution in [0, 0.1) is 0 Å². The van der Waals surface area contributed by atoms with Crippen LogP contribution < -0.4 is 4.74 Å². The lowest BCUT2D eigenvalue weighted by Crippen LogP contribution is -2.31. The first-order valence-corrected chi connectivity index (χ1v) is 8.17. The highest BCUT2D eigenvalue weighted by atomic mass is 16.5. The number of methoxy groups -OCH3 is 2. The van der Waals surface area contributed by atoms with E-state index < -0.39 is 11.9 Å². The minimum atomic E-state index is -0.648. The highest BCUT2D eigenvalue weighted by Gasteiger charge is 2.16. The molecule has 1 amide bonds. The van der Waals surface area contributed by atoms with E-state index >= 15 is 0 Å². The van der Waals surface area contributed by atoms with Crippen LogP contribution >= 0.6 is 0 Å². The van der Waals surface area contributed by atoms with Crippen molar-refractivity contribution in [3.05, 3.63) is 65.2 Å². The molecule has 0 saturated carbocycles. The number of nitrogens with zero attached hydrogens (tertiary/aromatic N) is 1. The first kappa shape index (κ1) is 20.0. The third kappa shape index (κ3) is 5.31. The fourth-order valence-electron chi connectivity index (χ4n) is 2.36. The Hall–Kier alpha value is -3.35. The van der Waals surface area contributed by atoms with Gasteiger partial charge >= 0.3 is 11.9 Å². The van der Waals surface area contributed by atoms with Gasteiger partial charge in [-0.05, 0) is 30.3 Å². The molecule has 0 heterocycles. The fourth-order valence-corrected chi connectivity index (χ4v) is 2.36. The predicted octanol–water partition coefficient (Wildman–Crippen LogP) is 2.30. The third-order valence-electron chi connectivity index (χ3n) is 3.89. The zero-order valence-electron chi connectivity index (χ0n) is 15.4. The van der Waals surface area contributed by atoms with Crippen LogP contribution in [-0.2, 0) is 20.8 Å². The first-order chi connectivity index (χ1) is 13.0. The van der Waals surface area contributed by atoms with Gasteiger partial charge in [0.05, 0.1) is 25.3 Å². The van der Waals surface area contributed by atoms with Crippen molar-refractivity contribution in [2.45, 2.75) is 6.54 Å². The van der Waals surface area contributed by atoms with Crippen LogP contribution in [0.15, 0.2) is 48.5 Å². The van der Waals surface area contributed by atoms with Gasteiger partial charge in [0, 0.05) is 19.2 Å². The van der Waals surface area contributed by atoms with Gasteiger partial charge in [-0.2, -0.15) is 0 Å². The highest BCUT2D eigenvalue weighted by molar-refractivity contribution is 5.94. The lowest BCUT2D eigenvalue weighted by Gasteiger charge is -2.18. The Labute approximate surface area is 157 Å². The third-order valence-corrected chi connectivity index (χ3v) is 3.89. The number of hydrogen-bond donors (Lipinski definition) is 0. The maximum atomic E-state index is 12.2. The standard InChI is InChI=1S/C20H21NO6/c1-21(12-16-6-4-5-7-17(16)25-2)18(22)13-27-20(24)15-10-8-14(9-11-15)19(23)26-3/h4-11H,12-13H2,1-3H3. The summed E-state index contributed by atoms with van der Waals surface area (Å²) in [6.45, 7) is -0.0581. The second kappa shape index (κ2) is 9.38. The number of likely N-dealkylation sites (N-methyl/N-ethyl adjacent to an activating group) is 1. The van der Waals surface area contributed by atoms with E-state index in [1.165, 1.54) is 36.3 Å². The smallest absolute Gasteiger partial charge is 0.338 e.